The molecule has 34 heavy (non-hydrogen) atoms. The second kappa shape index (κ2) is 9.66. The Morgan fingerprint density at radius 3 is 2.09 bits per heavy atom. The van der Waals surface area contributed by atoms with Crippen molar-refractivity contribution in [1.29, 1.82) is 0 Å². The van der Waals surface area contributed by atoms with Gasteiger partial charge in [-0.1, -0.05) is 18.2 Å². The van der Waals surface area contributed by atoms with Gasteiger partial charge in [-0.2, -0.15) is 0 Å². The molecule has 0 bridgehead atoms. The van der Waals surface area contributed by atoms with Crippen molar-refractivity contribution < 1.29 is 28.9 Å². The van der Waals surface area contributed by atoms with Gasteiger partial charge in [-0.05, 0) is 47.5 Å². The highest BCUT2D eigenvalue weighted by atomic mass is 16.5. The molecule has 2 aromatic carbocycles. The zero-order valence-electron chi connectivity index (χ0n) is 19.0. The van der Waals surface area contributed by atoms with Gasteiger partial charge in [-0.25, -0.2) is 0 Å². The molecule has 2 heterocycles. The summed E-state index contributed by atoms with van der Waals surface area (Å²) in [5.41, 5.74) is 1.59. The summed E-state index contributed by atoms with van der Waals surface area (Å²) in [7, 11) is 4.48. The molecule has 3 aromatic rings. The van der Waals surface area contributed by atoms with Crippen molar-refractivity contribution in [3.63, 3.8) is 0 Å². The Morgan fingerprint density at radius 1 is 0.912 bits per heavy atom. The van der Waals surface area contributed by atoms with Gasteiger partial charge >= 0.3 is 0 Å². The average molecular weight is 460 g/mol. The molecule has 4 rings (SSSR count). The highest BCUT2D eigenvalue weighted by Gasteiger charge is 2.46. The molecule has 1 unspecified atom stereocenters. The number of aromatic nitrogens is 1. The van der Waals surface area contributed by atoms with Crippen LogP contribution in [0, 0.1) is 0 Å². The first-order chi connectivity index (χ1) is 16.5. The van der Waals surface area contributed by atoms with Crippen LogP contribution in [0.3, 0.4) is 0 Å². The summed E-state index contributed by atoms with van der Waals surface area (Å²) in [5, 5.41) is 11.4. The van der Waals surface area contributed by atoms with Gasteiger partial charge in [-0.15, -0.1) is 0 Å². The van der Waals surface area contributed by atoms with Crippen LogP contribution in [0.15, 0.2) is 72.6 Å². The van der Waals surface area contributed by atoms with Crippen LogP contribution in [0.4, 0.5) is 0 Å². The number of methoxy groups -OCH3 is 3. The van der Waals surface area contributed by atoms with E-state index in [-0.39, 0.29) is 23.4 Å². The molecule has 0 radical (unpaired) electrons. The van der Waals surface area contributed by atoms with E-state index in [1.807, 2.05) is 12.1 Å². The largest absolute Gasteiger partial charge is 0.506 e. The van der Waals surface area contributed by atoms with Gasteiger partial charge in [0, 0.05) is 18.9 Å². The van der Waals surface area contributed by atoms with Gasteiger partial charge in [0.25, 0.3) is 11.7 Å². The number of benzene rings is 2. The van der Waals surface area contributed by atoms with Crippen LogP contribution in [0.5, 0.6) is 17.2 Å². The summed E-state index contributed by atoms with van der Waals surface area (Å²) >= 11 is 0. The smallest absolute Gasteiger partial charge is 0.295 e. The maximum Gasteiger partial charge on any atom is 0.295 e. The molecule has 8 nitrogen and oxygen atoms in total. The molecule has 1 N–H and O–H groups in total. The van der Waals surface area contributed by atoms with E-state index in [2.05, 4.69) is 4.98 Å². The van der Waals surface area contributed by atoms with E-state index in [1.54, 1.807) is 62.0 Å². The van der Waals surface area contributed by atoms with E-state index in [9.17, 15) is 14.7 Å². The van der Waals surface area contributed by atoms with Crippen molar-refractivity contribution in [2.24, 2.45) is 0 Å². The number of Topliss-reactive ketones (excluding diaryl/α,β-unsaturated/α-hetero) is 1. The fourth-order valence-corrected chi connectivity index (χ4v) is 4.08. The number of hydrogen-bond acceptors (Lipinski definition) is 7. The Balaban J connectivity index is 1.88. The second-order valence-corrected chi connectivity index (χ2v) is 7.59. The Bertz CT molecular complexity index is 1220. The SMILES string of the molecule is COc1ccc(CN2C(=O)C(=O)/C(=C(/O)c3c(OC)cccc3OC)C2c2ccncc2)cc1. The number of ketones is 1. The van der Waals surface area contributed by atoms with Crippen LogP contribution >= 0.6 is 0 Å². The Hall–Kier alpha value is -4.33. The van der Waals surface area contributed by atoms with Crippen molar-refractivity contribution in [1.82, 2.24) is 9.88 Å². The molecule has 1 aliphatic rings. The Morgan fingerprint density at radius 2 is 1.53 bits per heavy atom. The summed E-state index contributed by atoms with van der Waals surface area (Å²) in [6.45, 7) is 0.154. The van der Waals surface area contributed by atoms with Gasteiger partial charge < -0.3 is 24.2 Å². The average Bonchev–Trinajstić information content (AvgIpc) is 3.13. The van der Waals surface area contributed by atoms with Crippen LogP contribution in [-0.4, -0.2) is 48.0 Å². The lowest BCUT2D eigenvalue weighted by Gasteiger charge is -2.25. The summed E-state index contributed by atoms with van der Waals surface area (Å²) in [6, 6.07) is 14.8. The third kappa shape index (κ3) is 4.05. The molecule has 1 atom stereocenters. The first-order valence-electron chi connectivity index (χ1n) is 10.5. The molecule has 1 aliphatic heterocycles. The number of ether oxygens (including phenoxy) is 3. The fourth-order valence-electron chi connectivity index (χ4n) is 4.08. The van der Waals surface area contributed by atoms with E-state index < -0.39 is 17.7 Å². The lowest BCUT2D eigenvalue weighted by atomic mass is 9.95. The lowest BCUT2D eigenvalue weighted by molar-refractivity contribution is -0.140. The predicted molar refractivity (Wildman–Crippen MR) is 125 cm³/mol. The molecule has 0 saturated carbocycles. The third-order valence-electron chi connectivity index (χ3n) is 5.74. The number of aliphatic hydroxyl groups is 1. The Labute approximate surface area is 197 Å². The molecule has 1 amide bonds. The molecule has 1 fully saturated rings. The van der Waals surface area contributed by atoms with Crippen LogP contribution in [0.1, 0.15) is 22.7 Å². The topological polar surface area (TPSA) is 98.2 Å². The van der Waals surface area contributed by atoms with E-state index in [1.165, 1.54) is 19.1 Å². The Kier molecular flexibility index (Phi) is 6.49. The highest BCUT2D eigenvalue weighted by Crippen LogP contribution is 2.43. The quantitative estimate of drug-likeness (QED) is 0.326. The maximum atomic E-state index is 13.3. The summed E-state index contributed by atoms with van der Waals surface area (Å²) in [4.78, 5) is 32.0. The molecular formula is C26H24N2O6. The monoisotopic (exact) mass is 460 g/mol. The van der Waals surface area contributed by atoms with Gasteiger partial charge in [0.05, 0.1) is 32.9 Å². The van der Waals surface area contributed by atoms with Crippen molar-refractivity contribution in [2.75, 3.05) is 21.3 Å². The standard InChI is InChI=1S/C26H24N2O6/c1-32-18-9-7-16(8-10-18)15-28-23(17-11-13-27-14-12-17)22(25(30)26(28)31)24(29)21-19(33-2)5-4-6-20(21)34-3/h4-14,23,29H,15H2,1-3H3/b24-22+. The molecule has 174 valence electrons. The third-order valence-corrected chi connectivity index (χ3v) is 5.74. The number of hydrogen-bond donors (Lipinski definition) is 1. The lowest BCUT2D eigenvalue weighted by Crippen LogP contribution is -2.29. The van der Waals surface area contributed by atoms with Gasteiger partial charge in [0.2, 0.25) is 0 Å². The summed E-state index contributed by atoms with van der Waals surface area (Å²) in [5.74, 6) is -0.571. The minimum Gasteiger partial charge on any atom is -0.506 e. The molecule has 8 heteroatoms. The number of likely N-dealkylation sites (tertiary alicyclic amines) is 1. The van der Waals surface area contributed by atoms with Crippen molar-refractivity contribution in [3.8, 4) is 17.2 Å². The van der Waals surface area contributed by atoms with Crippen molar-refractivity contribution >= 4 is 17.4 Å². The zero-order valence-corrected chi connectivity index (χ0v) is 19.0. The van der Waals surface area contributed by atoms with Crippen LogP contribution in [-0.2, 0) is 16.1 Å². The highest BCUT2D eigenvalue weighted by molar-refractivity contribution is 6.46. The number of pyridine rings is 1. The molecule has 1 saturated heterocycles. The van der Waals surface area contributed by atoms with Crippen LogP contribution in [0.25, 0.3) is 5.76 Å². The van der Waals surface area contributed by atoms with Crippen LogP contribution in [0.2, 0.25) is 0 Å². The first kappa shape index (κ1) is 22.8. The minimum absolute atomic E-state index is 0.0486. The predicted octanol–water partition coefficient (Wildman–Crippen LogP) is 3.73. The van der Waals surface area contributed by atoms with Gasteiger partial charge in [0.1, 0.15) is 28.6 Å². The normalized spacial score (nSPS) is 17.0. The second-order valence-electron chi connectivity index (χ2n) is 7.59. The molecule has 0 spiro atoms. The summed E-state index contributed by atoms with van der Waals surface area (Å²) in [6.07, 6.45) is 3.15. The van der Waals surface area contributed by atoms with Crippen molar-refractivity contribution in [2.45, 2.75) is 12.6 Å². The summed E-state index contributed by atoms with van der Waals surface area (Å²) < 4.78 is 16.0. The number of nitrogens with zero attached hydrogens (tertiary/aromatic N) is 2. The first-order valence-corrected chi connectivity index (χ1v) is 10.5. The van der Waals surface area contributed by atoms with E-state index in [4.69, 9.17) is 14.2 Å². The number of rotatable bonds is 7. The molecule has 1 aromatic heterocycles. The van der Waals surface area contributed by atoms with Gasteiger partial charge in [-0.3, -0.25) is 14.6 Å². The van der Waals surface area contributed by atoms with E-state index >= 15 is 0 Å². The molecular weight excluding hydrogens is 436 g/mol. The number of amides is 1. The van der Waals surface area contributed by atoms with Crippen LogP contribution < -0.4 is 14.2 Å². The van der Waals surface area contributed by atoms with E-state index in [0.717, 1.165) is 5.56 Å². The number of carbonyl (C=O) groups excluding carboxylic acids is 2. The minimum atomic E-state index is -0.834. The number of carbonyl (C=O) groups is 2. The fraction of sp³-hybridized carbons (Fsp3) is 0.192. The van der Waals surface area contributed by atoms with Gasteiger partial charge in [0.15, 0.2) is 0 Å². The number of aliphatic hydroxyl groups excluding tert-OH is 1. The van der Waals surface area contributed by atoms with Crippen molar-refractivity contribution in [3.05, 3.63) is 89.3 Å². The maximum absolute atomic E-state index is 13.3. The molecule has 0 aliphatic carbocycles. The zero-order chi connectivity index (χ0) is 24.2. The van der Waals surface area contributed by atoms with E-state index in [0.29, 0.717) is 22.8 Å².